The minimum atomic E-state index is -0.750. The van der Waals surface area contributed by atoms with Crippen LogP contribution < -0.4 is 21.9 Å². The zero-order valence-electron chi connectivity index (χ0n) is 17.5. The van der Waals surface area contributed by atoms with E-state index in [0.29, 0.717) is 5.92 Å². The standard InChI is InChI=1S/C24H25FN4O3/c25-18-10-6-15(7-11-18)14-26-20-21(28-24(32)29-22(20)30)23(31)27-19-12-8-17(9-13-19)16-4-2-1-3-5-16/h1-7,10-11,17,19,26H,8-9,12-14H2,(H,27,31)(H2,28,29,30,32). The van der Waals surface area contributed by atoms with E-state index >= 15 is 0 Å². The third-order valence-corrected chi connectivity index (χ3v) is 5.89. The summed E-state index contributed by atoms with van der Waals surface area (Å²) >= 11 is 0. The maximum Gasteiger partial charge on any atom is 0.326 e. The Morgan fingerprint density at radius 2 is 1.62 bits per heavy atom. The highest BCUT2D eigenvalue weighted by atomic mass is 19.1. The fourth-order valence-electron chi connectivity index (χ4n) is 4.17. The normalized spacial score (nSPS) is 18.2. The van der Waals surface area contributed by atoms with E-state index in [2.05, 4.69) is 32.7 Å². The molecule has 4 N–H and O–H groups in total. The van der Waals surface area contributed by atoms with Crippen LogP contribution in [-0.4, -0.2) is 21.9 Å². The minimum Gasteiger partial charge on any atom is -0.375 e. The number of nitrogens with one attached hydrogen (secondary N) is 4. The molecule has 0 spiro atoms. The van der Waals surface area contributed by atoms with Gasteiger partial charge in [-0.3, -0.25) is 14.6 Å². The summed E-state index contributed by atoms with van der Waals surface area (Å²) in [5, 5.41) is 5.85. The fraction of sp³-hybridized carbons (Fsp3) is 0.292. The lowest BCUT2D eigenvalue weighted by molar-refractivity contribution is 0.0921. The molecule has 7 nitrogen and oxygen atoms in total. The first kappa shape index (κ1) is 21.5. The molecule has 166 valence electrons. The number of carbonyl (C=O) groups excluding carboxylic acids is 1. The highest BCUT2D eigenvalue weighted by Gasteiger charge is 2.25. The van der Waals surface area contributed by atoms with Gasteiger partial charge in [0.25, 0.3) is 11.5 Å². The molecular weight excluding hydrogens is 411 g/mol. The van der Waals surface area contributed by atoms with Gasteiger partial charge in [-0.25, -0.2) is 9.18 Å². The van der Waals surface area contributed by atoms with E-state index in [1.807, 2.05) is 18.2 Å². The van der Waals surface area contributed by atoms with Crippen molar-refractivity contribution < 1.29 is 9.18 Å². The Balaban J connectivity index is 1.43. The van der Waals surface area contributed by atoms with Crippen molar-refractivity contribution in [1.29, 1.82) is 0 Å². The quantitative estimate of drug-likeness (QED) is 0.476. The van der Waals surface area contributed by atoms with E-state index in [0.717, 1.165) is 31.2 Å². The van der Waals surface area contributed by atoms with Crippen LogP contribution in [-0.2, 0) is 6.54 Å². The molecule has 0 aliphatic heterocycles. The van der Waals surface area contributed by atoms with Gasteiger partial charge in [0.15, 0.2) is 0 Å². The molecule has 0 unspecified atom stereocenters. The van der Waals surface area contributed by atoms with Crippen molar-refractivity contribution in [2.45, 2.75) is 44.2 Å². The Hall–Kier alpha value is -3.68. The number of rotatable bonds is 6. The zero-order chi connectivity index (χ0) is 22.5. The Morgan fingerprint density at radius 1 is 0.938 bits per heavy atom. The molecule has 1 aromatic heterocycles. The van der Waals surface area contributed by atoms with Crippen molar-refractivity contribution in [1.82, 2.24) is 15.3 Å². The molecule has 2 aromatic carbocycles. The molecule has 0 bridgehead atoms. The number of benzene rings is 2. The fourth-order valence-corrected chi connectivity index (χ4v) is 4.17. The van der Waals surface area contributed by atoms with Gasteiger partial charge in [-0.1, -0.05) is 42.5 Å². The van der Waals surface area contributed by atoms with Crippen LogP contribution >= 0.6 is 0 Å². The Labute approximate surface area is 184 Å². The third-order valence-electron chi connectivity index (χ3n) is 5.89. The second-order valence-corrected chi connectivity index (χ2v) is 8.07. The maximum absolute atomic E-state index is 13.1. The lowest BCUT2D eigenvalue weighted by Crippen LogP contribution is -2.40. The summed E-state index contributed by atoms with van der Waals surface area (Å²) in [5.74, 6) is -0.396. The predicted octanol–water partition coefficient (Wildman–Crippen LogP) is 3.27. The van der Waals surface area contributed by atoms with Crippen molar-refractivity contribution in [2.24, 2.45) is 0 Å². The van der Waals surface area contributed by atoms with Gasteiger partial charge in [0.05, 0.1) is 0 Å². The van der Waals surface area contributed by atoms with Crippen LogP contribution in [0.4, 0.5) is 10.1 Å². The average Bonchev–Trinajstić information content (AvgIpc) is 2.80. The molecule has 0 saturated heterocycles. The van der Waals surface area contributed by atoms with Crippen LogP contribution in [0, 0.1) is 5.82 Å². The highest BCUT2D eigenvalue weighted by Crippen LogP contribution is 2.32. The van der Waals surface area contributed by atoms with Crippen LogP contribution in [0.25, 0.3) is 0 Å². The summed E-state index contributed by atoms with van der Waals surface area (Å²) in [6.45, 7) is 0.192. The van der Waals surface area contributed by atoms with Gasteiger partial charge in [-0.2, -0.15) is 0 Å². The summed E-state index contributed by atoms with van der Waals surface area (Å²) < 4.78 is 13.1. The molecule has 4 rings (SSSR count). The largest absolute Gasteiger partial charge is 0.375 e. The lowest BCUT2D eigenvalue weighted by Gasteiger charge is -2.29. The smallest absolute Gasteiger partial charge is 0.326 e. The predicted molar refractivity (Wildman–Crippen MR) is 120 cm³/mol. The summed E-state index contributed by atoms with van der Waals surface area (Å²) in [4.78, 5) is 41.7. The van der Waals surface area contributed by atoms with E-state index in [9.17, 15) is 18.8 Å². The summed E-state index contributed by atoms with van der Waals surface area (Å²) in [7, 11) is 0. The molecule has 1 saturated carbocycles. The number of hydrogen-bond acceptors (Lipinski definition) is 4. The van der Waals surface area contributed by atoms with Gasteiger partial charge in [0, 0.05) is 12.6 Å². The Bertz CT molecular complexity index is 1180. The first-order valence-corrected chi connectivity index (χ1v) is 10.7. The summed E-state index contributed by atoms with van der Waals surface area (Å²) in [6, 6.07) is 16.1. The van der Waals surface area contributed by atoms with E-state index in [4.69, 9.17) is 0 Å². The first-order valence-electron chi connectivity index (χ1n) is 10.7. The van der Waals surface area contributed by atoms with Crippen LogP contribution in [0.3, 0.4) is 0 Å². The van der Waals surface area contributed by atoms with Gasteiger partial charge in [0.1, 0.15) is 17.2 Å². The summed E-state index contributed by atoms with van der Waals surface area (Å²) in [6.07, 6.45) is 3.54. The molecule has 0 radical (unpaired) electrons. The van der Waals surface area contributed by atoms with Gasteiger partial charge in [-0.15, -0.1) is 0 Å². The first-order chi connectivity index (χ1) is 15.5. The number of carbonyl (C=O) groups is 1. The number of aromatic amines is 2. The number of aromatic nitrogens is 2. The molecular formula is C24H25FN4O3. The topological polar surface area (TPSA) is 107 Å². The van der Waals surface area contributed by atoms with Crippen LogP contribution in [0.2, 0.25) is 0 Å². The monoisotopic (exact) mass is 436 g/mol. The molecule has 1 aliphatic carbocycles. The third kappa shape index (κ3) is 5.14. The highest BCUT2D eigenvalue weighted by molar-refractivity contribution is 5.97. The van der Waals surface area contributed by atoms with Crippen LogP contribution in [0.15, 0.2) is 64.2 Å². The van der Waals surface area contributed by atoms with Gasteiger partial charge < -0.3 is 15.6 Å². The van der Waals surface area contributed by atoms with E-state index in [1.54, 1.807) is 12.1 Å². The second-order valence-electron chi connectivity index (χ2n) is 8.07. The Morgan fingerprint density at radius 3 is 2.31 bits per heavy atom. The van der Waals surface area contributed by atoms with Gasteiger partial charge in [0.2, 0.25) is 0 Å². The van der Waals surface area contributed by atoms with Crippen molar-refractivity contribution in [3.8, 4) is 0 Å². The molecule has 1 fully saturated rings. The maximum atomic E-state index is 13.1. The minimum absolute atomic E-state index is 0.0237. The van der Waals surface area contributed by atoms with E-state index in [-0.39, 0.29) is 29.8 Å². The van der Waals surface area contributed by atoms with E-state index < -0.39 is 17.2 Å². The van der Waals surface area contributed by atoms with Gasteiger partial charge in [-0.05, 0) is 54.9 Å². The Kier molecular flexibility index (Phi) is 6.49. The number of H-pyrrole nitrogens is 2. The number of amides is 1. The van der Waals surface area contributed by atoms with Crippen LogP contribution in [0.5, 0.6) is 0 Å². The molecule has 8 heteroatoms. The van der Waals surface area contributed by atoms with Crippen molar-refractivity contribution in [3.63, 3.8) is 0 Å². The van der Waals surface area contributed by atoms with Crippen molar-refractivity contribution in [2.75, 3.05) is 5.32 Å². The van der Waals surface area contributed by atoms with Gasteiger partial charge >= 0.3 is 5.69 Å². The molecule has 1 amide bonds. The zero-order valence-corrected chi connectivity index (χ0v) is 17.5. The second kappa shape index (κ2) is 9.64. The van der Waals surface area contributed by atoms with Crippen molar-refractivity contribution in [3.05, 3.63) is 98.1 Å². The van der Waals surface area contributed by atoms with E-state index in [1.165, 1.54) is 17.7 Å². The number of hydrogen-bond donors (Lipinski definition) is 4. The number of anilines is 1. The molecule has 1 heterocycles. The SMILES string of the molecule is O=C(NC1CCC(c2ccccc2)CC1)c1[nH]c(=O)[nH]c(=O)c1NCc1ccc(F)cc1. The number of halogens is 1. The van der Waals surface area contributed by atoms with Crippen molar-refractivity contribution >= 4 is 11.6 Å². The molecule has 3 aromatic rings. The summed E-state index contributed by atoms with van der Waals surface area (Å²) in [5.41, 5.74) is 0.468. The lowest BCUT2D eigenvalue weighted by atomic mass is 9.82. The molecule has 32 heavy (non-hydrogen) atoms. The molecule has 0 atom stereocenters. The average molecular weight is 436 g/mol. The van der Waals surface area contributed by atoms with Crippen LogP contribution in [0.1, 0.15) is 53.2 Å². The molecule has 1 aliphatic rings.